The van der Waals surface area contributed by atoms with Crippen LogP contribution in [0.2, 0.25) is 0 Å². The first-order valence-corrected chi connectivity index (χ1v) is 14.2. The standard InChI is InChI=1S/C31H38N6O/c1-22-6-3-8-24-9-4-10-28(29(22)24)36-17-14-26-27(21-36)33-31(38-19-18-35(2)25-11-12-25)34-30(26)37-16-5-7-23(20-37)13-15-32/h3-4,6,8-10,23,25H,5,7,11-14,16-21H2,1-2H3. The second-order valence-corrected chi connectivity index (χ2v) is 11.3. The Hall–Kier alpha value is -3.37. The minimum absolute atomic E-state index is 0.398. The van der Waals surface area contributed by atoms with E-state index in [0.29, 0.717) is 31.0 Å². The van der Waals surface area contributed by atoms with E-state index >= 15 is 0 Å². The van der Waals surface area contributed by atoms with Crippen LogP contribution < -0.4 is 14.5 Å². The maximum Gasteiger partial charge on any atom is 0.318 e. The van der Waals surface area contributed by atoms with Crippen LogP contribution in [-0.4, -0.2) is 60.7 Å². The topological polar surface area (TPSA) is 68.5 Å². The van der Waals surface area contributed by atoms with Crippen molar-refractivity contribution in [1.29, 1.82) is 5.26 Å². The molecule has 3 aromatic rings. The minimum atomic E-state index is 0.398. The van der Waals surface area contributed by atoms with Crippen molar-refractivity contribution < 1.29 is 4.74 Å². The van der Waals surface area contributed by atoms with Crippen molar-refractivity contribution in [1.82, 2.24) is 14.9 Å². The first kappa shape index (κ1) is 24.9. The summed E-state index contributed by atoms with van der Waals surface area (Å²) in [5.74, 6) is 1.42. The number of rotatable bonds is 8. The minimum Gasteiger partial charge on any atom is -0.462 e. The number of nitriles is 1. The van der Waals surface area contributed by atoms with Crippen LogP contribution in [-0.2, 0) is 13.0 Å². The molecule has 1 saturated heterocycles. The van der Waals surface area contributed by atoms with Gasteiger partial charge in [0.25, 0.3) is 0 Å². The number of ether oxygens (including phenoxy) is 1. The van der Waals surface area contributed by atoms with Gasteiger partial charge in [-0.2, -0.15) is 15.2 Å². The number of aromatic nitrogens is 2. The van der Waals surface area contributed by atoms with Crippen LogP contribution in [0.1, 0.15) is 48.9 Å². The van der Waals surface area contributed by atoms with Crippen LogP contribution in [0.5, 0.6) is 6.01 Å². The molecule has 2 aliphatic heterocycles. The van der Waals surface area contributed by atoms with Gasteiger partial charge in [0.2, 0.25) is 0 Å². The van der Waals surface area contributed by atoms with Gasteiger partial charge in [0.05, 0.1) is 18.3 Å². The average Bonchev–Trinajstić information content (AvgIpc) is 3.78. The fourth-order valence-electron chi connectivity index (χ4n) is 6.22. The molecule has 2 aromatic carbocycles. The van der Waals surface area contributed by atoms with Crippen LogP contribution in [0.4, 0.5) is 11.5 Å². The van der Waals surface area contributed by atoms with Crippen LogP contribution in [0, 0.1) is 24.2 Å². The molecule has 198 valence electrons. The number of piperidine rings is 1. The van der Waals surface area contributed by atoms with E-state index < -0.39 is 0 Å². The Kier molecular flexibility index (Phi) is 7.08. The lowest BCUT2D eigenvalue weighted by molar-refractivity contribution is 0.219. The molecule has 2 fully saturated rings. The van der Waals surface area contributed by atoms with Crippen LogP contribution in [0.15, 0.2) is 36.4 Å². The van der Waals surface area contributed by atoms with Crippen LogP contribution >= 0.6 is 0 Å². The van der Waals surface area contributed by atoms with E-state index in [1.54, 1.807) is 0 Å². The van der Waals surface area contributed by atoms with Gasteiger partial charge in [-0.15, -0.1) is 0 Å². The second-order valence-electron chi connectivity index (χ2n) is 11.3. The molecule has 6 rings (SSSR count). The normalized spacial score (nSPS) is 19.5. The highest BCUT2D eigenvalue weighted by atomic mass is 16.5. The molecule has 0 spiro atoms. The van der Waals surface area contributed by atoms with E-state index in [4.69, 9.17) is 14.7 Å². The van der Waals surface area contributed by atoms with E-state index in [9.17, 15) is 5.26 Å². The Morgan fingerprint density at radius 2 is 1.92 bits per heavy atom. The SMILES string of the molecule is Cc1cccc2cccc(N3CCc4c(nc(OCCN(C)C5CC5)nc4N4CCCC(CC#N)C4)C3)c12. The summed E-state index contributed by atoms with van der Waals surface area (Å²) in [6, 6.07) is 16.7. The number of benzene rings is 2. The highest BCUT2D eigenvalue weighted by molar-refractivity contribution is 5.97. The number of nitrogens with zero attached hydrogens (tertiary/aromatic N) is 6. The molecule has 0 radical (unpaired) electrons. The Balaban J connectivity index is 1.31. The van der Waals surface area contributed by atoms with Crippen LogP contribution in [0.25, 0.3) is 10.8 Å². The van der Waals surface area contributed by atoms with Crippen molar-refractivity contribution in [2.45, 2.75) is 58.0 Å². The van der Waals surface area contributed by atoms with Gasteiger partial charge in [-0.25, -0.2) is 0 Å². The zero-order valence-corrected chi connectivity index (χ0v) is 22.7. The van der Waals surface area contributed by atoms with Crippen molar-refractivity contribution in [2.24, 2.45) is 5.92 Å². The lowest BCUT2D eigenvalue weighted by Crippen LogP contribution is -2.39. The molecule has 0 N–H and O–H groups in total. The average molecular weight is 511 g/mol. The third-order valence-electron chi connectivity index (χ3n) is 8.50. The molecular weight excluding hydrogens is 472 g/mol. The molecule has 1 unspecified atom stereocenters. The Morgan fingerprint density at radius 3 is 2.74 bits per heavy atom. The van der Waals surface area contributed by atoms with Gasteiger partial charge in [-0.3, -0.25) is 0 Å². The first-order chi connectivity index (χ1) is 18.6. The smallest absolute Gasteiger partial charge is 0.318 e. The highest BCUT2D eigenvalue weighted by Crippen LogP contribution is 2.36. The highest BCUT2D eigenvalue weighted by Gasteiger charge is 2.30. The fourth-order valence-corrected chi connectivity index (χ4v) is 6.22. The van der Waals surface area contributed by atoms with Crippen molar-refractivity contribution in [2.75, 3.05) is 49.6 Å². The zero-order chi connectivity index (χ0) is 26.1. The number of aryl methyl sites for hydroxylation is 1. The summed E-state index contributed by atoms with van der Waals surface area (Å²) in [6.07, 6.45) is 6.29. The van der Waals surface area contributed by atoms with Crippen LogP contribution in [0.3, 0.4) is 0 Å². The van der Waals surface area contributed by atoms with E-state index in [2.05, 4.69) is 71.1 Å². The number of likely N-dealkylation sites (N-methyl/N-ethyl adjacent to an activating group) is 1. The Labute approximate surface area is 226 Å². The van der Waals surface area contributed by atoms with Crippen molar-refractivity contribution in [3.63, 3.8) is 0 Å². The maximum atomic E-state index is 9.31. The molecule has 3 heterocycles. The maximum absolute atomic E-state index is 9.31. The number of anilines is 2. The largest absolute Gasteiger partial charge is 0.462 e. The van der Waals surface area contributed by atoms with Gasteiger partial charge in [0, 0.05) is 55.3 Å². The molecule has 1 saturated carbocycles. The monoisotopic (exact) mass is 510 g/mol. The number of hydrogen-bond donors (Lipinski definition) is 0. The van der Waals surface area contributed by atoms with E-state index in [-0.39, 0.29) is 0 Å². The summed E-state index contributed by atoms with van der Waals surface area (Å²) in [4.78, 5) is 17.2. The molecular formula is C31H38N6O. The lowest BCUT2D eigenvalue weighted by Gasteiger charge is -2.37. The molecule has 7 nitrogen and oxygen atoms in total. The summed E-state index contributed by atoms with van der Waals surface area (Å²) in [7, 11) is 2.17. The van der Waals surface area contributed by atoms with Crippen molar-refractivity contribution >= 4 is 22.3 Å². The summed E-state index contributed by atoms with van der Waals surface area (Å²) in [6.45, 7) is 7.20. The van der Waals surface area contributed by atoms with Gasteiger partial charge < -0.3 is 19.4 Å². The summed E-state index contributed by atoms with van der Waals surface area (Å²) in [5.41, 5.74) is 4.89. The molecule has 0 bridgehead atoms. The fraction of sp³-hybridized carbons (Fsp3) is 0.516. The van der Waals surface area contributed by atoms with E-state index in [1.165, 1.54) is 40.4 Å². The van der Waals surface area contributed by atoms with Gasteiger partial charge in [-0.1, -0.05) is 30.3 Å². The Bertz CT molecular complexity index is 1340. The van der Waals surface area contributed by atoms with Gasteiger partial charge in [0.15, 0.2) is 0 Å². The molecule has 38 heavy (non-hydrogen) atoms. The van der Waals surface area contributed by atoms with Crippen molar-refractivity contribution in [3.05, 3.63) is 53.2 Å². The summed E-state index contributed by atoms with van der Waals surface area (Å²) >= 11 is 0. The summed E-state index contributed by atoms with van der Waals surface area (Å²) < 4.78 is 6.20. The molecule has 7 heteroatoms. The quantitative estimate of drug-likeness (QED) is 0.417. The number of fused-ring (bicyclic) bond motifs is 2. The van der Waals surface area contributed by atoms with Gasteiger partial charge >= 0.3 is 6.01 Å². The third-order valence-corrected chi connectivity index (χ3v) is 8.50. The second kappa shape index (κ2) is 10.8. The van der Waals surface area contributed by atoms with E-state index in [0.717, 1.165) is 63.5 Å². The zero-order valence-electron chi connectivity index (χ0n) is 22.7. The molecule has 0 amide bonds. The first-order valence-electron chi connectivity index (χ1n) is 14.2. The predicted molar refractivity (Wildman–Crippen MR) is 152 cm³/mol. The van der Waals surface area contributed by atoms with Gasteiger partial charge in [0.1, 0.15) is 12.4 Å². The summed E-state index contributed by atoms with van der Waals surface area (Å²) in [5, 5.41) is 11.9. The van der Waals surface area contributed by atoms with E-state index in [1.807, 2.05) is 0 Å². The number of hydrogen-bond acceptors (Lipinski definition) is 7. The predicted octanol–water partition coefficient (Wildman–Crippen LogP) is 5.10. The van der Waals surface area contributed by atoms with Crippen molar-refractivity contribution in [3.8, 4) is 12.1 Å². The molecule has 3 aliphatic rings. The molecule has 1 atom stereocenters. The molecule has 1 aromatic heterocycles. The molecule has 1 aliphatic carbocycles. The lowest BCUT2D eigenvalue weighted by atomic mass is 9.94. The van der Waals surface area contributed by atoms with Gasteiger partial charge in [-0.05, 0) is 69.0 Å². The third kappa shape index (κ3) is 5.15. The Morgan fingerprint density at radius 1 is 1.08 bits per heavy atom.